The maximum Gasteiger partial charge on any atom is 0.472 e. The van der Waals surface area contributed by atoms with Gasteiger partial charge in [0.15, 0.2) is 6.10 Å². The van der Waals surface area contributed by atoms with Crippen LogP contribution in [0, 0.1) is 0 Å². The second kappa shape index (κ2) is 40.6. The molecule has 5 N–H and O–H groups in total. The van der Waals surface area contributed by atoms with Gasteiger partial charge in [-0.2, -0.15) is 0 Å². The van der Waals surface area contributed by atoms with E-state index in [4.69, 9.17) is 28.9 Å². The van der Waals surface area contributed by atoms with E-state index < -0.39 is 66.2 Å². The van der Waals surface area contributed by atoms with Crippen molar-refractivity contribution in [2.45, 2.75) is 160 Å². The van der Waals surface area contributed by atoms with Gasteiger partial charge in [-0.05, 0) is 83.5 Å². The summed E-state index contributed by atoms with van der Waals surface area (Å²) in [6.45, 7) is -0.352. The topological polar surface area (TPSA) is 216 Å². The van der Waals surface area contributed by atoms with E-state index in [1.54, 1.807) is 0 Å². The lowest BCUT2D eigenvalue weighted by Gasteiger charge is -2.20. The first kappa shape index (κ1) is 57.5. The smallest absolute Gasteiger partial charge is 0.462 e. The van der Waals surface area contributed by atoms with Gasteiger partial charge in [-0.1, -0.05) is 125 Å². The van der Waals surface area contributed by atoms with Gasteiger partial charge in [0.1, 0.15) is 12.7 Å². The van der Waals surface area contributed by atoms with E-state index >= 15 is 0 Å². The van der Waals surface area contributed by atoms with Gasteiger partial charge in [0, 0.05) is 19.4 Å². The summed E-state index contributed by atoms with van der Waals surface area (Å²) in [4.78, 5) is 52.6. The number of carbonyl (C=O) groups excluding carboxylic acids is 2. The molecule has 0 saturated heterocycles. The first-order valence-electron chi connectivity index (χ1n) is 21.8. The van der Waals surface area contributed by atoms with Gasteiger partial charge in [-0.25, -0.2) is 9.13 Å². The molecule has 0 fully saturated rings. The number of hydrogen-bond acceptors (Lipinski definition) is 11. The van der Waals surface area contributed by atoms with Gasteiger partial charge < -0.3 is 34.4 Å². The standard InChI is InChI=1S/C44H76O14P2/c1-2-3-4-5-6-7-8-9-13-16-19-22-25-28-31-34-43(47)54-39-42(40-57-60(52,53)56-38-41(46)37-55-59(49,50)51)58-44(48)35-32-29-26-23-20-17-14-11-10-12-15-18-21-24-27-30-33-36-45/h7-10,12-14,17-18,21,23,26,41-42,45-46H,2-6,11,15-16,19-20,22,24-25,27-40H2,1H3,(H,52,53)(H2,49,50,51)/b8-7-,12-10-,13-9-,17-14-,21-18-,26-23-/t41-,42+/m0/s1. The van der Waals surface area contributed by atoms with Crippen molar-refractivity contribution in [3.8, 4) is 0 Å². The number of aliphatic hydroxyl groups excluding tert-OH is 2. The molecule has 0 radical (unpaired) electrons. The highest BCUT2D eigenvalue weighted by atomic mass is 31.2. The average Bonchev–Trinajstić information content (AvgIpc) is 3.21. The van der Waals surface area contributed by atoms with Crippen molar-refractivity contribution in [3.05, 3.63) is 72.9 Å². The normalized spacial score (nSPS) is 14.7. The second-order valence-corrected chi connectivity index (χ2v) is 17.1. The Morgan fingerprint density at radius 1 is 0.533 bits per heavy atom. The van der Waals surface area contributed by atoms with Crippen LogP contribution in [0.15, 0.2) is 72.9 Å². The summed E-state index contributed by atoms with van der Waals surface area (Å²) in [5, 5.41) is 18.5. The minimum atomic E-state index is -4.88. The molecule has 0 spiro atoms. The molecule has 0 rings (SSSR count). The molecule has 0 aromatic rings. The zero-order valence-electron chi connectivity index (χ0n) is 36.0. The molecule has 14 nitrogen and oxygen atoms in total. The Balaban J connectivity index is 4.65. The zero-order valence-corrected chi connectivity index (χ0v) is 37.8. The lowest BCUT2D eigenvalue weighted by atomic mass is 10.1. The molecule has 0 aromatic carbocycles. The van der Waals surface area contributed by atoms with Gasteiger partial charge in [-0.15, -0.1) is 0 Å². The van der Waals surface area contributed by atoms with Crippen LogP contribution in [-0.4, -0.2) is 82.1 Å². The molecule has 0 aliphatic rings. The average molecular weight is 891 g/mol. The second-order valence-electron chi connectivity index (χ2n) is 14.4. The van der Waals surface area contributed by atoms with Crippen LogP contribution in [0.4, 0.5) is 0 Å². The molecule has 0 saturated carbocycles. The van der Waals surface area contributed by atoms with Crippen molar-refractivity contribution in [2.24, 2.45) is 0 Å². The van der Waals surface area contributed by atoms with Crippen LogP contribution in [0.3, 0.4) is 0 Å². The van der Waals surface area contributed by atoms with Crippen molar-refractivity contribution in [2.75, 3.05) is 33.0 Å². The van der Waals surface area contributed by atoms with Crippen LogP contribution >= 0.6 is 15.6 Å². The van der Waals surface area contributed by atoms with Crippen molar-refractivity contribution in [1.29, 1.82) is 0 Å². The maximum absolute atomic E-state index is 12.6. The summed E-state index contributed by atoms with van der Waals surface area (Å²) in [6.07, 6.45) is 42.0. The fraction of sp³-hybridized carbons (Fsp3) is 0.682. The molecule has 3 atom stereocenters. The van der Waals surface area contributed by atoms with Crippen molar-refractivity contribution < 1.29 is 66.7 Å². The molecule has 0 aliphatic heterocycles. The number of hydrogen-bond donors (Lipinski definition) is 5. The quantitative estimate of drug-likeness (QED) is 0.0127. The highest BCUT2D eigenvalue weighted by molar-refractivity contribution is 7.47. The molecule has 0 aliphatic carbocycles. The maximum atomic E-state index is 12.6. The highest BCUT2D eigenvalue weighted by Gasteiger charge is 2.28. The summed E-state index contributed by atoms with van der Waals surface area (Å²) in [6, 6.07) is 0. The predicted molar refractivity (Wildman–Crippen MR) is 236 cm³/mol. The molecule has 0 heterocycles. The Hall–Kier alpha value is -2.48. The molecule has 0 amide bonds. The molecule has 0 bridgehead atoms. The number of rotatable bonds is 41. The molecular formula is C44H76O14P2. The number of phosphoric ester groups is 2. The van der Waals surface area contributed by atoms with Crippen molar-refractivity contribution >= 4 is 27.6 Å². The van der Waals surface area contributed by atoms with E-state index in [-0.39, 0.29) is 19.4 Å². The fourth-order valence-electron chi connectivity index (χ4n) is 5.31. The number of carbonyl (C=O) groups is 2. The third kappa shape index (κ3) is 43.6. The van der Waals surface area contributed by atoms with Crippen LogP contribution in [0.2, 0.25) is 0 Å². The third-order valence-corrected chi connectivity index (χ3v) is 10.1. The van der Waals surface area contributed by atoms with Crippen molar-refractivity contribution in [3.63, 3.8) is 0 Å². The van der Waals surface area contributed by atoms with Gasteiger partial charge in [0.25, 0.3) is 0 Å². The Morgan fingerprint density at radius 3 is 1.58 bits per heavy atom. The molecule has 16 heteroatoms. The largest absolute Gasteiger partial charge is 0.472 e. The number of ether oxygens (including phenoxy) is 2. The number of phosphoric acid groups is 2. The first-order chi connectivity index (χ1) is 28.9. The van der Waals surface area contributed by atoms with Crippen LogP contribution in [-0.2, 0) is 41.8 Å². The molecule has 346 valence electrons. The van der Waals surface area contributed by atoms with Gasteiger partial charge in [0.05, 0.1) is 19.8 Å². The monoisotopic (exact) mass is 890 g/mol. The first-order valence-corrected chi connectivity index (χ1v) is 24.8. The number of allylic oxidation sites excluding steroid dienone is 12. The highest BCUT2D eigenvalue weighted by Crippen LogP contribution is 2.43. The molecule has 1 unspecified atom stereocenters. The summed E-state index contributed by atoms with van der Waals surface area (Å²) >= 11 is 0. The molecule has 0 aromatic heterocycles. The Labute approximate surface area is 359 Å². The minimum absolute atomic E-state index is 0.0389. The Bertz CT molecular complexity index is 1340. The van der Waals surface area contributed by atoms with E-state index in [0.29, 0.717) is 19.3 Å². The summed E-state index contributed by atoms with van der Waals surface area (Å²) in [5.41, 5.74) is 0. The SMILES string of the molecule is CCCCCC/C=C\C=C/CCCCCCCC(=O)OC[C@H](COP(=O)(O)OC[C@@H](O)COP(=O)(O)O)OC(=O)CCC/C=C\C/C=C\C/C=C\C/C=C\CCCCCO. The van der Waals surface area contributed by atoms with E-state index in [0.717, 1.165) is 83.5 Å². The molecule has 60 heavy (non-hydrogen) atoms. The Morgan fingerprint density at radius 2 is 1.00 bits per heavy atom. The lowest BCUT2D eigenvalue weighted by Crippen LogP contribution is -2.29. The van der Waals surface area contributed by atoms with Crippen LogP contribution in [0.25, 0.3) is 0 Å². The van der Waals surface area contributed by atoms with Gasteiger partial charge in [-0.3, -0.25) is 23.2 Å². The Kier molecular flexibility index (Phi) is 38.9. The number of esters is 2. The summed E-state index contributed by atoms with van der Waals surface area (Å²) < 4.78 is 47.7. The number of unbranched alkanes of at least 4 members (excludes halogenated alkanes) is 13. The van der Waals surface area contributed by atoms with Crippen LogP contribution < -0.4 is 0 Å². The minimum Gasteiger partial charge on any atom is -0.462 e. The summed E-state index contributed by atoms with van der Waals surface area (Å²) in [7, 11) is -9.71. The van der Waals surface area contributed by atoms with Crippen LogP contribution in [0.5, 0.6) is 0 Å². The molecular weight excluding hydrogens is 814 g/mol. The third-order valence-electron chi connectivity index (χ3n) is 8.64. The van der Waals surface area contributed by atoms with E-state index in [1.807, 2.05) is 12.2 Å². The number of aliphatic hydroxyl groups is 2. The van der Waals surface area contributed by atoms with Crippen molar-refractivity contribution in [1.82, 2.24) is 0 Å². The van der Waals surface area contributed by atoms with E-state index in [2.05, 4.69) is 76.7 Å². The fourth-order valence-corrected chi connectivity index (χ4v) is 6.47. The lowest BCUT2D eigenvalue weighted by molar-refractivity contribution is -0.161. The summed E-state index contributed by atoms with van der Waals surface area (Å²) in [5.74, 6) is -1.13. The van der Waals surface area contributed by atoms with Crippen LogP contribution in [0.1, 0.15) is 148 Å². The van der Waals surface area contributed by atoms with Gasteiger partial charge >= 0.3 is 27.6 Å². The van der Waals surface area contributed by atoms with E-state index in [9.17, 15) is 28.7 Å². The van der Waals surface area contributed by atoms with E-state index in [1.165, 1.54) is 25.7 Å². The zero-order chi connectivity index (χ0) is 44.4. The van der Waals surface area contributed by atoms with Gasteiger partial charge in [0.2, 0.25) is 0 Å². The predicted octanol–water partition coefficient (Wildman–Crippen LogP) is 9.98.